The number of aromatic nitrogens is 2. The minimum absolute atomic E-state index is 0.0274. The highest BCUT2D eigenvalue weighted by atomic mass is 16.5. The van der Waals surface area contributed by atoms with Crippen LogP contribution in [0, 0.1) is 6.92 Å². The Labute approximate surface area is 88.7 Å². The molecule has 5 heteroatoms. The van der Waals surface area contributed by atoms with Gasteiger partial charge in [0, 0.05) is 18.8 Å². The van der Waals surface area contributed by atoms with Crippen LogP contribution in [0.1, 0.15) is 30.7 Å². The monoisotopic (exact) mass is 212 g/mol. The van der Waals surface area contributed by atoms with Gasteiger partial charge in [-0.05, 0) is 13.8 Å². The number of esters is 1. The average molecular weight is 212 g/mol. The second-order valence-electron chi connectivity index (χ2n) is 3.37. The molecule has 0 radical (unpaired) electrons. The van der Waals surface area contributed by atoms with Crippen LogP contribution in [0.5, 0.6) is 0 Å². The van der Waals surface area contributed by atoms with Crippen LogP contribution in [0.2, 0.25) is 0 Å². The SMILES string of the molecule is CCOC(=O)CC(O)c1cn(C)nc1C. The molecule has 0 spiro atoms. The van der Waals surface area contributed by atoms with Crippen LogP contribution in [0.15, 0.2) is 6.20 Å². The van der Waals surface area contributed by atoms with E-state index in [1.807, 2.05) is 0 Å². The van der Waals surface area contributed by atoms with E-state index in [2.05, 4.69) is 5.10 Å². The topological polar surface area (TPSA) is 64.3 Å². The molecule has 0 saturated heterocycles. The standard InChI is InChI=1S/C10H16N2O3/c1-4-15-10(14)5-9(13)8-6-12(3)11-7(8)2/h6,9,13H,4-5H2,1-3H3. The van der Waals surface area contributed by atoms with Crippen molar-refractivity contribution in [2.45, 2.75) is 26.4 Å². The van der Waals surface area contributed by atoms with Gasteiger partial charge in [-0.1, -0.05) is 0 Å². The lowest BCUT2D eigenvalue weighted by Crippen LogP contribution is -2.10. The van der Waals surface area contributed by atoms with Gasteiger partial charge in [0.05, 0.1) is 24.8 Å². The number of hydrogen-bond acceptors (Lipinski definition) is 4. The Hall–Kier alpha value is -1.36. The molecule has 0 saturated carbocycles. The highest BCUT2D eigenvalue weighted by Gasteiger charge is 2.17. The maximum Gasteiger partial charge on any atom is 0.308 e. The van der Waals surface area contributed by atoms with Gasteiger partial charge < -0.3 is 9.84 Å². The van der Waals surface area contributed by atoms with Crippen LogP contribution >= 0.6 is 0 Å². The summed E-state index contributed by atoms with van der Waals surface area (Å²) in [5.74, 6) is -0.395. The van der Waals surface area contributed by atoms with Gasteiger partial charge in [0.2, 0.25) is 0 Å². The van der Waals surface area contributed by atoms with Crippen LogP contribution in [0.4, 0.5) is 0 Å². The summed E-state index contributed by atoms with van der Waals surface area (Å²) in [6, 6.07) is 0. The number of aliphatic hydroxyl groups excluding tert-OH is 1. The highest BCUT2D eigenvalue weighted by Crippen LogP contribution is 2.19. The van der Waals surface area contributed by atoms with Crippen molar-refractivity contribution in [1.82, 2.24) is 9.78 Å². The van der Waals surface area contributed by atoms with Crippen LogP contribution in [0.25, 0.3) is 0 Å². The molecule has 1 aromatic heterocycles. The molecule has 0 fully saturated rings. The third-order valence-electron chi connectivity index (χ3n) is 2.08. The average Bonchev–Trinajstić information content (AvgIpc) is 2.45. The van der Waals surface area contributed by atoms with Crippen molar-refractivity contribution in [3.05, 3.63) is 17.5 Å². The number of carbonyl (C=O) groups is 1. The zero-order chi connectivity index (χ0) is 11.4. The van der Waals surface area contributed by atoms with Gasteiger partial charge in [0.15, 0.2) is 0 Å². The van der Waals surface area contributed by atoms with Crippen molar-refractivity contribution in [2.24, 2.45) is 7.05 Å². The van der Waals surface area contributed by atoms with Gasteiger partial charge >= 0.3 is 5.97 Å². The summed E-state index contributed by atoms with van der Waals surface area (Å²) in [4.78, 5) is 11.1. The number of nitrogens with zero attached hydrogens (tertiary/aromatic N) is 2. The Kier molecular flexibility index (Phi) is 3.85. The summed E-state index contributed by atoms with van der Waals surface area (Å²) in [7, 11) is 1.77. The Balaban J connectivity index is 2.64. The van der Waals surface area contributed by atoms with Gasteiger partial charge in [-0.2, -0.15) is 5.10 Å². The van der Waals surface area contributed by atoms with Gasteiger partial charge in [-0.3, -0.25) is 9.48 Å². The summed E-state index contributed by atoms with van der Waals surface area (Å²) in [5, 5.41) is 13.8. The lowest BCUT2D eigenvalue weighted by atomic mass is 10.1. The second-order valence-corrected chi connectivity index (χ2v) is 3.37. The zero-order valence-electron chi connectivity index (χ0n) is 9.23. The van der Waals surface area contributed by atoms with Crippen LogP contribution < -0.4 is 0 Å². The van der Waals surface area contributed by atoms with Crippen molar-refractivity contribution >= 4 is 5.97 Å². The fourth-order valence-electron chi connectivity index (χ4n) is 1.43. The summed E-state index contributed by atoms with van der Waals surface area (Å²) in [6.45, 7) is 3.86. The first-order valence-corrected chi connectivity index (χ1v) is 4.88. The first kappa shape index (κ1) is 11.7. The molecule has 84 valence electrons. The molecule has 1 rings (SSSR count). The van der Waals surface area contributed by atoms with E-state index in [4.69, 9.17) is 4.74 Å². The van der Waals surface area contributed by atoms with E-state index in [0.717, 1.165) is 5.69 Å². The molecule has 0 aliphatic carbocycles. The number of carbonyl (C=O) groups excluding carboxylic acids is 1. The van der Waals surface area contributed by atoms with E-state index in [-0.39, 0.29) is 6.42 Å². The molecule has 1 unspecified atom stereocenters. The molecule has 0 amide bonds. The molecule has 1 heterocycles. The first-order chi connectivity index (χ1) is 7.04. The van der Waals surface area contributed by atoms with E-state index in [1.54, 1.807) is 31.8 Å². The van der Waals surface area contributed by atoms with E-state index in [9.17, 15) is 9.90 Å². The molecular weight excluding hydrogens is 196 g/mol. The van der Waals surface area contributed by atoms with Gasteiger partial charge in [0.25, 0.3) is 0 Å². The van der Waals surface area contributed by atoms with Gasteiger partial charge in [0.1, 0.15) is 0 Å². The predicted octanol–water partition coefficient (Wildman–Crippen LogP) is 0.715. The lowest BCUT2D eigenvalue weighted by Gasteiger charge is -2.08. The molecule has 5 nitrogen and oxygen atoms in total. The third-order valence-corrected chi connectivity index (χ3v) is 2.08. The van der Waals surface area contributed by atoms with Gasteiger partial charge in [-0.15, -0.1) is 0 Å². The molecule has 0 aliphatic heterocycles. The minimum Gasteiger partial charge on any atom is -0.466 e. The minimum atomic E-state index is -0.835. The number of aliphatic hydroxyl groups is 1. The van der Waals surface area contributed by atoms with E-state index in [1.165, 1.54) is 0 Å². The van der Waals surface area contributed by atoms with Crippen LogP contribution in [0.3, 0.4) is 0 Å². The molecule has 15 heavy (non-hydrogen) atoms. The normalized spacial score (nSPS) is 12.5. The maximum absolute atomic E-state index is 11.1. The zero-order valence-corrected chi connectivity index (χ0v) is 9.23. The van der Waals surface area contributed by atoms with Crippen LogP contribution in [-0.2, 0) is 16.6 Å². The van der Waals surface area contributed by atoms with E-state index >= 15 is 0 Å². The first-order valence-electron chi connectivity index (χ1n) is 4.88. The maximum atomic E-state index is 11.1. The Morgan fingerprint density at radius 3 is 2.87 bits per heavy atom. The van der Waals surface area contributed by atoms with Crippen molar-refractivity contribution in [1.29, 1.82) is 0 Å². The number of rotatable bonds is 4. The largest absolute Gasteiger partial charge is 0.466 e. The summed E-state index contributed by atoms with van der Waals surface area (Å²) < 4.78 is 6.36. The molecule has 0 bridgehead atoms. The van der Waals surface area contributed by atoms with E-state index < -0.39 is 12.1 Å². The van der Waals surface area contributed by atoms with Crippen molar-refractivity contribution in [2.75, 3.05) is 6.61 Å². The lowest BCUT2D eigenvalue weighted by molar-refractivity contribution is -0.145. The number of hydrogen-bond donors (Lipinski definition) is 1. The Bertz CT molecular complexity index is 346. The summed E-state index contributed by atoms with van der Waals surface area (Å²) in [5.41, 5.74) is 1.40. The van der Waals surface area contributed by atoms with Crippen molar-refractivity contribution < 1.29 is 14.6 Å². The molecule has 1 N–H and O–H groups in total. The fraction of sp³-hybridized carbons (Fsp3) is 0.600. The molecule has 0 aliphatic rings. The Morgan fingerprint density at radius 2 is 2.40 bits per heavy atom. The van der Waals surface area contributed by atoms with E-state index in [0.29, 0.717) is 12.2 Å². The smallest absolute Gasteiger partial charge is 0.308 e. The number of aryl methyl sites for hydroxylation is 2. The van der Waals surface area contributed by atoms with Crippen molar-refractivity contribution in [3.63, 3.8) is 0 Å². The summed E-state index contributed by atoms with van der Waals surface area (Å²) >= 11 is 0. The predicted molar refractivity (Wildman–Crippen MR) is 54.2 cm³/mol. The molecule has 0 aromatic carbocycles. The van der Waals surface area contributed by atoms with Crippen LogP contribution in [-0.4, -0.2) is 27.5 Å². The van der Waals surface area contributed by atoms with Gasteiger partial charge in [-0.25, -0.2) is 0 Å². The summed E-state index contributed by atoms with van der Waals surface area (Å²) in [6.07, 6.45) is 0.845. The quantitative estimate of drug-likeness (QED) is 0.747. The third kappa shape index (κ3) is 3.06. The van der Waals surface area contributed by atoms with Crippen molar-refractivity contribution in [3.8, 4) is 0 Å². The molecule has 1 atom stereocenters. The Morgan fingerprint density at radius 1 is 1.73 bits per heavy atom. The molecule has 1 aromatic rings. The molecular formula is C10H16N2O3. The fourth-order valence-corrected chi connectivity index (χ4v) is 1.43. The highest BCUT2D eigenvalue weighted by molar-refractivity contribution is 5.70. The number of ether oxygens (including phenoxy) is 1. The second kappa shape index (κ2) is 4.93.